The van der Waals surface area contributed by atoms with E-state index in [0.29, 0.717) is 19.4 Å². The Labute approximate surface area is 115 Å². The van der Waals surface area contributed by atoms with Crippen molar-refractivity contribution < 1.29 is 29.0 Å². The highest BCUT2D eigenvalue weighted by Crippen LogP contribution is 2.40. The van der Waals surface area contributed by atoms with Crippen LogP contribution in [0.3, 0.4) is 0 Å². The van der Waals surface area contributed by atoms with Crippen LogP contribution in [0, 0.1) is 5.92 Å². The van der Waals surface area contributed by atoms with Crippen LogP contribution in [0.5, 0.6) is 0 Å². The monoisotopic (exact) mass is 280 g/mol. The molecule has 0 amide bonds. The number of fused-ring (bicyclic) bond motifs is 1. The second kappa shape index (κ2) is 4.79. The summed E-state index contributed by atoms with van der Waals surface area (Å²) in [5, 5.41) is 10.5. The fourth-order valence-corrected chi connectivity index (χ4v) is 2.91. The zero-order chi connectivity index (χ0) is 14.3. The second-order valence-corrected chi connectivity index (χ2v) is 5.57. The fraction of sp³-hybridized carbons (Fsp3) is 0.643. The molecule has 0 spiro atoms. The Bertz CT molecular complexity index is 504. The quantitative estimate of drug-likeness (QED) is 0.442. The van der Waals surface area contributed by atoms with Gasteiger partial charge in [-0.15, -0.1) is 0 Å². The van der Waals surface area contributed by atoms with Crippen LogP contribution in [0.2, 0.25) is 0 Å². The topological polar surface area (TPSA) is 93.2 Å². The van der Waals surface area contributed by atoms with Gasteiger partial charge in [-0.25, -0.2) is 4.79 Å². The molecular formula is C14H16O6. The molecule has 6 heteroatoms. The Balaban J connectivity index is 1.81. The summed E-state index contributed by atoms with van der Waals surface area (Å²) in [5.41, 5.74) is -2.06. The van der Waals surface area contributed by atoms with Crippen LogP contribution in [0.15, 0.2) is 11.6 Å². The molecule has 0 aromatic rings. The predicted octanol–water partition coefficient (Wildman–Crippen LogP) is -0.0721. The SMILES string of the molecule is O=C(OCC1CO1)C1=CC(=O)C2CCCCC2(O)C1=O. The zero-order valence-corrected chi connectivity index (χ0v) is 11.0. The van der Waals surface area contributed by atoms with Gasteiger partial charge in [-0.1, -0.05) is 12.8 Å². The third kappa shape index (κ3) is 2.19. The first-order valence-corrected chi connectivity index (χ1v) is 6.84. The van der Waals surface area contributed by atoms with Gasteiger partial charge in [0.2, 0.25) is 5.78 Å². The molecule has 1 aliphatic heterocycles. The number of Topliss-reactive ketones (excluding diaryl/α,β-unsaturated/α-hetero) is 1. The van der Waals surface area contributed by atoms with Crippen molar-refractivity contribution >= 4 is 17.5 Å². The van der Waals surface area contributed by atoms with Gasteiger partial charge in [-0.2, -0.15) is 0 Å². The van der Waals surface area contributed by atoms with E-state index in [1.54, 1.807) is 0 Å². The van der Waals surface area contributed by atoms with E-state index in [9.17, 15) is 19.5 Å². The van der Waals surface area contributed by atoms with Gasteiger partial charge in [0.15, 0.2) is 5.78 Å². The molecule has 1 saturated heterocycles. The highest BCUT2D eigenvalue weighted by molar-refractivity contribution is 6.27. The third-order valence-electron chi connectivity index (χ3n) is 4.17. The summed E-state index contributed by atoms with van der Waals surface area (Å²) in [5.74, 6) is -2.60. The smallest absolute Gasteiger partial charge is 0.342 e. The molecule has 3 rings (SSSR count). The molecule has 0 aromatic carbocycles. The number of hydrogen-bond donors (Lipinski definition) is 1. The van der Waals surface area contributed by atoms with Gasteiger partial charge in [-0.3, -0.25) is 9.59 Å². The van der Waals surface area contributed by atoms with Crippen LogP contribution < -0.4 is 0 Å². The maximum atomic E-state index is 12.3. The van der Waals surface area contributed by atoms with Crippen LogP contribution in [0.1, 0.15) is 25.7 Å². The number of esters is 1. The predicted molar refractivity (Wildman–Crippen MR) is 65.7 cm³/mol. The molecule has 0 bridgehead atoms. The molecule has 1 saturated carbocycles. The minimum Gasteiger partial charge on any atom is -0.459 e. The van der Waals surface area contributed by atoms with Gasteiger partial charge in [0, 0.05) is 0 Å². The fourth-order valence-electron chi connectivity index (χ4n) is 2.91. The normalized spacial score (nSPS) is 36.1. The number of carbonyl (C=O) groups is 3. The molecular weight excluding hydrogens is 264 g/mol. The minimum absolute atomic E-state index is 0.0689. The van der Waals surface area contributed by atoms with Gasteiger partial charge in [0.25, 0.3) is 0 Å². The number of ketones is 2. The lowest BCUT2D eigenvalue weighted by molar-refractivity contribution is -0.156. The molecule has 0 aromatic heterocycles. The molecule has 20 heavy (non-hydrogen) atoms. The van der Waals surface area contributed by atoms with E-state index < -0.39 is 23.3 Å². The lowest BCUT2D eigenvalue weighted by Gasteiger charge is -2.39. The zero-order valence-electron chi connectivity index (χ0n) is 11.0. The summed E-state index contributed by atoms with van der Waals surface area (Å²) < 4.78 is 9.83. The van der Waals surface area contributed by atoms with Gasteiger partial charge in [0.1, 0.15) is 23.9 Å². The van der Waals surface area contributed by atoms with E-state index in [-0.39, 0.29) is 30.5 Å². The van der Waals surface area contributed by atoms with E-state index in [1.807, 2.05) is 0 Å². The van der Waals surface area contributed by atoms with E-state index >= 15 is 0 Å². The molecule has 1 N–H and O–H groups in total. The number of epoxide rings is 1. The number of rotatable bonds is 3. The van der Waals surface area contributed by atoms with Crippen molar-refractivity contribution in [1.82, 2.24) is 0 Å². The lowest BCUT2D eigenvalue weighted by Crippen LogP contribution is -2.55. The number of aliphatic hydroxyl groups is 1. The van der Waals surface area contributed by atoms with Crippen molar-refractivity contribution in [3.8, 4) is 0 Å². The second-order valence-electron chi connectivity index (χ2n) is 5.57. The van der Waals surface area contributed by atoms with Crippen molar-refractivity contribution in [3.63, 3.8) is 0 Å². The summed E-state index contributed by atoms with van der Waals surface area (Å²) >= 11 is 0. The standard InChI is InChI=1S/C14H16O6/c15-11-5-9(13(17)20-7-8-6-19-8)12(16)14(18)4-2-1-3-10(11)14/h5,8,10,18H,1-4,6-7H2. The maximum Gasteiger partial charge on any atom is 0.342 e. The summed E-state index contributed by atoms with van der Waals surface area (Å²) in [4.78, 5) is 36.2. The van der Waals surface area contributed by atoms with Crippen LogP contribution in [0.25, 0.3) is 0 Å². The molecule has 2 fully saturated rings. The number of allylic oxidation sites excluding steroid dienone is 1. The molecule has 2 aliphatic carbocycles. The number of hydrogen-bond acceptors (Lipinski definition) is 6. The van der Waals surface area contributed by atoms with Gasteiger partial charge in [0.05, 0.1) is 12.5 Å². The first kappa shape index (κ1) is 13.5. The minimum atomic E-state index is -1.73. The van der Waals surface area contributed by atoms with E-state index in [4.69, 9.17) is 9.47 Å². The first-order valence-electron chi connectivity index (χ1n) is 6.84. The Morgan fingerprint density at radius 3 is 2.90 bits per heavy atom. The van der Waals surface area contributed by atoms with Gasteiger partial charge in [-0.05, 0) is 18.9 Å². The van der Waals surface area contributed by atoms with Crippen LogP contribution in [-0.4, -0.2) is 47.6 Å². The molecule has 6 nitrogen and oxygen atoms in total. The number of ether oxygens (including phenoxy) is 2. The largest absolute Gasteiger partial charge is 0.459 e. The molecule has 0 radical (unpaired) electrons. The number of carbonyl (C=O) groups excluding carboxylic acids is 3. The average Bonchev–Trinajstić information content (AvgIpc) is 3.24. The molecule has 3 atom stereocenters. The summed E-state index contributed by atoms with van der Waals surface area (Å²) in [6.07, 6.45) is 3.10. The Morgan fingerprint density at radius 2 is 2.20 bits per heavy atom. The van der Waals surface area contributed by atoms with Crippen molar-refractivity contribution in [2.75, 3.05) is 13.2 Å². The van der Waals surface area contributed by atoms with E-state index in [0.717, 1.165) is 12.5 Å². The summed E-state index contributed by atoms with van der Waals surface area (Å²) in [6, 6.07) is 0. The van der Waals surface area contributed by atoms with Crippen molar-refractivity contribution in [2.45, 2.75) is 37.4 Å². The van der Waals surface area contributed by atoms with Crippen LogP contribution in [-0.2, 0) is 23.9 Å². The van der Waals surface area contributed by atoms with Crippen molar-refractivity contribution in [2.24, 2.45) is 5.92 Å². The van der Waals surface area contributed by atoms with Gasteiger partial charge >= 0.3 is 5.97 Å². The summed E-state index contributed by atoms with van der Waals surface area (Å²) in [6.45, 7) is 0.602. The average molecular weight is 280 g/mol. The highest BCUT2D eigenvalue weighted by Gasteiger charge is 2.53. The molecule has 3 unspecified atom stereocenters. The van der Waals surface area contributed by atoms with Crippen LogP contribution in [0.4, 0.5) is 0 Å². The Kier molecular flexibility index (Phi) is 3.22. The highest BCUT2D eigenvalue weighted by atomic mass is 16.6. The molecule has 3 aliphatic rings. The van der Waals surface area contributed by atoms with Gasteiger partial charge < -0.3 is 14.6 Å². The first-order chi connectivity index (χ1) is 9.52. The Hall–Kier alpha value is -1.53. The van der Waals surface area contributed by atoms with E-state index in [2.05, 4.69) is 0 Å². The third-order valence-corrected chi connectivity index (χ3v) is 4.17. The van der Waals surface area contributed by atoms with Crippen molar-refractivity contribution in [1.29, 1.82) is 0 Å². The Morgan fingerprint density at radius 1 is 1.45 bits per heavy atom. The molecule has 108 valence electrons. The van der Waals surface area contributed by atoms with Crippen LogP contribution >= 0.6 is 0 Å². The van der Waals surface area contributed by atoms with E-state index in [1.165, 1.54) is 0 Å². The molecule has 1 heterocycles. The van der Waals surface area contributed by atoms with Crippen molar-refractivity contribution in [3.05, 3.63) is 11.6 Å². The summed E-state index contributed by atoms with van der Waals surface area (Å²) in [7, 11) is 0. The lowest BCUT2D eigenvalue weighted by atomic mass is 9.66. The maximum absolute atomic E-state index is 12.3.